The number of hydrogen-bond donors (Lipinski definition) is 2. The van der Waals surface area contributed by atoms with E-state index in [0.717, 1.165) is 23.8 Å². The van der Waals surface area contributed by atoms with Gasteiger partial charge in [-0.05, 0) is 23.6 Å². The first kappa shape index (κ1) is 15.3. The number of nitrogens with one attached hydrogen (secondary N) is 1. The smallest absolute Gasteiger partial charge is 0.233 e. The van der Waals surface area contributed by atoms with Crippen LogP contribution in [0.2, 0.25) is 0 Å². The largest absolute Gasteiger partial charge is 0.506 e. The Kier molecular flexibility index (Phi) is 4.47. The number of hydrogen-bond acceptors (Lipinski definition) is 3. The lowest BCUT2D eigenvalue weighted by Crippen LogP contribution is -2.20. The van der Waals surface area contributed by atoms with Gasteiger partial charge in [0.05, 0.1) is 11.4 Å². The number of phenolic OH excluding ortho intramolecular Hbond substituents is 1. The molecule has 0 saturated carbocycles. The number of anilines is 1. The van der Waals surface area contributed by atoms with Crippen LogP contribution < -0.4 is 4.72 Å². The van der Waals surface area contributed by atoms with Gasteiger partial charge in [-0.3, -0.25) is 4.72 Å². The van der Waals surface area contributed by atoms with Gasteiger partial charge in [0.2, 0.25) is 10.0 Å². The predicted molar refractivity (Wildman–Crippen MR) is 80.3 cm³/mol. The van der Waals surface area contributed by atoms with Gasteiger partial charge in [-0.15, -0.1) is 0 Å². The maximum atomic E-state index is 13.1. The number of benzene rings is 2. The summed E-state index contributed by atoms with van der Waals surface area (Å²) in [5.41, 5.74) is 0.738. The Labute approximate surface area is 123 Å². The molecule has 2 rings (SSSR count). The van der Waals surface area contributed by atoms with E-state index in [2.05, 4.69) is 4.72 Å². The molecule has 1 atom stereocenters. The second-order valence-electron chi connectivity index (χ2n) is 4.86. The summed E-state index contributed by atoms with van der Waals surface area (Å²) < 4.78 is 39.5. The van der Waals surface area contributed by atoms with E-state index in [9.17, 15) is 17.9 Å². The third kappa shape index (κ3) is 4.19. The molecular weight excluding hydrogens is 293 g/mol. The molecule has 0 fully saturated rings. The number of halogens is 1. The average Bonchev–Trinajstić information content (AvgIpc) is 2.43. The van der Waals surface area contributed by atoms with Gasteiger partial charge in [0.25, 0.3) is 0 Å². The van der Waals surface area contributed by atoms with Crippen LogP contribution in [0.4, 0.5) is 10.1 Å². The lowest BCUT2D eigenvalue weighted by molar-refractivity contribution is 0.475. The topological polar surface area (TPSA) is 66.4 Å². The minimum Gasteiger partial charge on any atom is -0.506 e. The molecule has 2 aromatic carbocycles. The van der Waals surface area contributed by atoms with Gasteiger partial charge in [0.1, 0.15) is 11.6 Å². The third-order valence-electron chi connectivity index (χ3n) is 3.06. The number of rotatable bonds is 5. The van der Waals surface area contributed by atoms with Crippen molar-refractivity contribution in [3.63, 3.8) is 0 Å². The molecule has 0 aliphatic heterocycles. The first-order valence-electron chi connectivity index (χ1n) is 6.41. The summed E-state index contributed by atoms with van der Waals surface area (Å²) in [6.07, 6.45) is 0. The van der Waals surface area contributed by atoms with E-state index < -0.39 is 15.8 Å². The van der Waals surface area contributed by atoms with Crippen molar-refractivity contribution < 1.29 is 17.9 Å². The molecule has 0 aromatic heterocycles. The monoisotopic (exact) mass is 309 g/mol. The van der Waals surface area contributed by atoms with Gasteiger partial charge in [-0.2, -0.15) is 0 Å². The van der Waals surface area contributed by atoms with Crippen LogP contribution in [-0.2, 0) is 10.0 Å². The van der Waals surface area contributed by atoms with Gasteiger partial charge in [-0.1, -0.05) is 37.3 Å². The van der Waals surface area contributed by atoms with Crippen molar-refractivity contribution in [2.75, 3.05) is 10.5 Å². The highest BCUT2D eigenvalue weighted by Gasteiger charge is 2.18. The maximum Gasteiger partial charge on any atom is 0.233 e. The number of sulfonamides is 1. The molecule has 2 aromatic rings. The summed E-state index contributed by atoms with van der Waals surface area (Å²) in [5, 5.41) is 9.56. The molecule has 0 bridgehead atoms. The quantitative estimate of drug-likeness (QED) is 0.834. The van der Waals surface area contributed by atoms with Crippen molar-refractivity contribution in [3.05, 3.63) is 59.9 Å². The van der Waals surface area contributed by atoms with Crippen molar-refractivity contribution in [1.29, 1.82) is 0 Å². The van der Waals surface area contributed by atoms with E-state index >= 15 is 0 Å². The maximum absolute atomic E-state index is 13.1. The zero-order valence-corrected chi connectivity index (χ0v) is 12.3. The molecule has 0 spiro atoms. The minimum atomic E-state index is -3.70. The van der Waals surface area contributed by atoms with Crippen molar-refractivity contribution in [3.8, 4) is 5.75 Å². The van der Waals surface area contributed by atoms with Crippen LogP contribution in [0.5, 0.6) is 5.75 Å². The molecular formula is C15H16FNO3S. The highest BCUT2D eigenvalue weighted by atomic mass is 32.2. The molecule has 2 N–H and O–H groups in total. The van der Waals surface area contributed by atoms with Crippen molar-refractivity contribution in [2.45, 2.75) is 12.8 Å². The van der Waals surface area contributed by atoms with Crippen LogP contribution >= 0.6 is 0 Å². The number of phenols is 1. The minimum absolute atomic E-state index is 0.157. The molecule has 0 aliphatic rings. The molecule has 6 heteroatoms. The Balaban J connectivity index is 2.14. The zero-order chi connectivity index (χ0) is 15.5. The molecule has 0 amide bonds. The Morgan fingerprint density at radius 1 is 1.19 bits per heavy atom. The van der Waals surface area contributed by atoms with Crippen LogP contribution in [0.15, 0.2) is 48.5 Å². The fraction of sp³-hybridized carbons (Fsp3) is 0.200. The van der Waals surface area contributed by atoms with Crippen LogP contribution in [-0.4, -0.2) is 19.3 Å². The fourth-order valence-corrected chi connectivity index (χ4v) is 3.44. The van der Waals surface area contributed by atoms with Gasteiger partial charge in [-0.25, -0.2) is 12.8 Å². The second-order valence-corrected chi connectivity index (χ2v) is 6.62. The summed E-state index contributed by atoms with van der Waals surface area (Å²) in [6, 6.07) is 12.3. The van der Waals surface area contributed by atoms with Crippen LogP contribution in [0.25, 0.3) is 0 Å². The first-order valence-corrected chi connectivity index (χ1v) is 8.06. The Bertz CT molecular complexity index is 717. The van der Waals surface area contributed by atoms with Crippen molar-refractivity contribution in [1.82, 2.24) is 0 Å². The molecule has 1 unspecified atom stereocenters. The van der Waals surface area contributed by atoms with Crippen LogP contribution in [0.3, 0.4) is 0 Å². The predicted octanol–water partition coefficient (Wildman–Crippen LogP) is 3.08. The van der Waals surface area contributed by atoms with E-state index in [1.807, 2.05) is 30.3 Å². The van der Waals surface area contributed by atoms with Gasteiger partial charge < -0.3 is 5.11 Å². The number of aromatic hydroxyl groups is 1. The molecule has 0 aliphatic carbocycles. The van der Waals surface area contributed by atoms with Gasteiger partial charge in [0.15, 0.2) is 0 Å². The summed E-state index contributed by atoms with van der Waals surface area (Å²) >= 11 is 0. The normalized spacial score (nSPS) is 12.9. The van der Waals surface area contributed by atoms with Crippen LogP contribution in [0, 0.1) is 5.82 Å². The summed E-state index contributed by atoms with van der Waals surface area (Å²) in [4.78, 5) is 0. The standard InChI is InChI=1S/C15H16FNO3S/c1-11(12-5-3-2-4-6-12)10-21(19,20)17-14-9-13(16)7-8-15(14)18/h2-9,11,17-18H,10H2,1H3. The van der Waals surface area contributed by atoms with E-state index in [1.165, 1.54) is 0 Å². The van der Waals surface area contributed by atoms with E-state index in [4.69, 9.17) is 0 Å². The van der Waals surface area contributed by atoms with Gasteiger partial charge >= 0.3 is 0 Å². The highest BCUT2D eigenvalue weighted by molar-refractivity contribution is 7.92. The summed E-state index contributed by atoms with van der Waals surface area (Å²) in [7, 11) is -3.70. The summed E-state index contributed by atoms with van der Waals surface area (Å²) in [6.45, 7) is 1.79. The van der Waals surface area contributed by atoms with E-state index in [1.54, 1.807) is 6.92 Å². The third-order valence-corrected chi connectivity index (χ3v) is 4.53. The highest BCUT2D eigenvalue weighted by Crippen LogP contribution is 2.26. The molecule has 0 heterocycles. The fourth-order valence-electron chi connectivity index (χ4n) is 2.01. The lowest BCUT2D eigenvalue weighted by Gasteiger charge is -2.14. The first-order chi connectivity index (χ1) is 9.87. The molecule has 0 radical (unpaired) electrons. The van der Waals surface area contributed by atoms with E-state index in [-0.39, 0.29) is 23.1 Å². The molecule has 112 valence electrons. The molecule has 4 nitrogen and oxygen atoms in total. The Morgan fingerprint density at radius 3 is 2.52 bits per heavy atom. The zero-order valence-electron chi connectivity index (χ0n) is 11.5. The second kappa shape index (κ2) is 6.13. The molecule has 21 heavy (non-hydrogen) atoms. The van der Waals surface area contributed by atoms with Crippen LogP contribution in [0.1, 0.15) is 18.4 Å². The summed E-state index contributed by atoms with van der Waals surface area (Å²) in [5.74, 6) is -1.32. The van der Waals surface area contributed by atoms with Crippen molar-refractivity contribution >= 4 is 15.7 Å². The Morgan fingerprint density at radius 2 is 1.86 bits per heavy atom. The molecule has 0 saturated heterocycles. The van der Waals surface area contributed by atoms with Gasteiger partial charge in [0, 0.05) is 6.07 Å². The average molecular weight is 309 g/mol. The Hall–Kier alpha value is -2.08. The lowest BCUT2D eigenvalue weighted by atomic mass is 10.0. The van der Waals surface area contributed by atoms with E-state index in [0.29, 0.717) is 0 Å². The SMILES string of the molecule is CC(CS(=O)(=O)Nc1cc(F)ccc1O)c1ccccc1. The van der Waals surface area contributed by atoms with Crippen molar-refractivity contribution in [2.24, 2.45) is 0 Å².